The lowest BCUT2D eigenvalue weighted by Gasteiger charge is -2.21. The van der Waals surface area contributed by atoms with Gasteiger partial charge in [0.1, 0.15) is 11.6 Å². The predicted molar refractivity (Wildman–Crippen MR) is 75.9 cm³/mol. The van der Waals surface area contributed by atoms with Crippen molar-refractivity contribution < 1.29 is 0 Å². The van der Waals surface area contributed by atoms with Crippen molar-refractivity contribution in [3.63, 3.8) is 0 Å². The summed E-state index contributed by atoms with van der Waals surface area (Å²) in [6.07, 6.45) is 11.5. The molecule has 2 fully saturated rings. The van der Waals surface area contributed by atoms with Gasteiger partial charge in [-0.2, -0.15) is 0 Å². The minimum atomic E-state index is 0.606. The smallest absolute Gasteiger partial charge is 0.134 e. The number of aromatic nitrogens is 2. The first-order valence-corrected chi connectivity index (χ1v) is 7.96. The third-order valence-electron chi connectivity index (χ3n) is 5.55. The molecule has 0 aliphatic heterocycles. The van der Waals surface area contributed by atoms with Crippen LogP contribution in [0.25, 0.3) is 0 Å². The second kappa shape index (κ2) is 4.46. The van der Waals surface area contributed by atoms with Gasteiger partial charge in [0.05, 0.1) is 0 Å². The highest BCUT2D eigenvalue weighted by atomic mass is 15.0. The molecule has 3 aliphatic carbocycles. The van der Waals surface area contributed by atoms with Crippen LogP contribution in [-0.2, 0) is 12.8 Å². The van der Waals surface area contributed by atoms with E-state index < -0.39 is 0 Å². The van der Waals surface area contributed by atoms with Crippen LogP contribution >= 0.6 is 0 Å². The molecule has 3 atom stereocenters. The lowest BCUT2D eigenvalue weighted by molar-refractivity contribution is 0.404. The first kappa shape index (κ1) is 11.7. The fourth-order valence-electron chi connectivity index (χ4n) is 4.55. The van der Waals surface area contributed by atoms with E-state index in [1.54, 1.807) is 0 Å². The van der Waals surface area contributed by atoms with Crippen molar-refractivity contribution in [2.75, 3.05) is 5.73 Å². The van der Waals surface area contributed by atoms with Gasteiger partial charge in [-0.25, -0.2) is 9.97 Å². The maximum atomic E-state index is 6.23. The molecule has 1 aromatic heterocycles. The Balaban J connectivity index is 1.70. The molecular formula is C16H23N3. The molecule has 1 heterocycles. The molecule has 0 saturated heterocycles. The fraction of sp³-hybridized carbons (Fsp3) is 0.750. The molecule has 3 aliphatic rings. The molecule has 1 aromatic rings. The molecule has 2 N–H and O–H groups in total. The van der Waals surface area contributed by atoms with E-state index in [0.29, 0.717) is 5.92 Å². The summed E-state index contributed by atoms with van der Waals surface area (Å²) >= 11 is 0. The maximum absolute atomic E-state index is 6.23. The Labute approximate surface area is 115 Å². The minimum Gasteiger partial charge on any atom is -0.383 e. The van der Waals surface area contributed by atoms with Gasteiger partial charge in [0.2, 0.25) is 0 Å². The molecule has 0 radical (unpaired) electrons. The number of hydrogen-bond donors (Lipinski definition) is 1. The molecule has 3 nitrogen and oxygen atoms in total. The average Bonchev–Trinajstić information content (AvgIpc) is 2.95. The topological polar surface area (TPSA) is 51.8 Å². The van der Waals surface area contributed by atoms with Gasteiger partial charge in [-0.3, -0.25) is 0 Å². The number of nitrogens with two attached hydrogens (primary N) is 1. The highest BCUT2D eigenvalue weighted by Crippen LogP contribution is 2.52. The van der Waals surface area contributed by atoms with Crippen molar-refractivity contribution in [2.24, 2.45) is 11.8 Å². The van der Waals surface area contributed by atoms with Crippen LogP contribution in [0.15, 0.2) is 0 Å². The van der Waals surface area contributed by atoms with Crippen molar-refractivity contribution >= 4 is 5.82 Å². The zero-order valence-corrected chi connectivity index (χ0v) is 11.6. The lowest BCUT2D eigenvalue weighted by Crippen LogP contribution is -2.16. The highest BCUT2D eigenvalue weighted by Gasteiger charge is 2.41. The zero-order valence-electron chi connectivity index (χ0n) is 11.6. The van der Waals surface area contributed by atoms with Gasteiger partial charge in [0.25, 0.3) is 0 Å². The van der Waals surface area contributed by atoms with Gasteiger partial charge in [-0.15, -0.1) is 0 Å². The Morgan fingerprint density at radius 2 is 1.84 bits per heavy atom. The van der Waals surface area contributed by atoms with Gasteiger partial charge in [-0.05, 0) is 56.8 Å². The van der Waals surface area contributed by atoms with E-state index in [1.165, 1.54) is 56.2 Å². The number of aryl methyl sites for hydroxylation is 1. The molecule has 0 amide bonds. The second-order valence-electron chi connectivity index (χ2n) is 6.73. The number of nitrogen functional groups attached to an aromatic ring is 1. The van der Waals surface area contributed by atoms with Crippen LogP contribution in [0.2, 0.25) is 0 Å². The lowest BCUT2D eigenvalue weighted by atomic mass is 9.88. The van der Waals surface area contributed by atoms with Crippen LogP contribution in [0.3, 0.4) is 0 Å². The van der Waals surface area contributed by atoms with Crippen LogP contribution in [0, 0.1) is 11.8 Å². The van der Waals surface area contributed by atoms with Gasteiger partial charge in [0.15, 0.2) is 0 Å². The third-order valence-corrected chi connectivity index (χ3v) is 5.55. The molecule has 2 bridgehead atoms. The van der Waals surface area contributed by atoms with E-state index in [0.717, 1.165) is 36.3 Å². The van der Waals surface area contributed by atoms with Crippen molar-refractivity contribution in [2.45, 2.75) is 63.7 Å². The third kappa shape index (κ3) is 1.94. The van der Waals surface area contributed by atoms with Crippen LogP contribution in [0.4, 0.5) is 5.82 Å². The van der Waals surface area contributed by atoms with Crippen LogP contribution in [0.5, 0.6) is 0 Å². The minimum absolute atomic E-state index is 0.606. The van der Waals surface area contributed by atoms with Crippen LogP contribution in [0.1, 0.15) is 67.9 Å². The molecule has 3 unspecified atom stereocenters. The summed E-state index contributed by atoms with van der Waals surface area (Å²) in [5.74, 6) is 4.25. The summed E-state index contributed by atoms with van der Waals surface area (Å²) in [6.45, 7) is 0. The number of rotatable bonds is 1. The van der Waals surface area contributed by atoms with Crippen LogP contribution in [-0.4, -0.2) is 9.97 Å². The fourth-order valence-corrected chi connectivity index (χ4v) is 4.55. The van der Waals surface area contributed by atoms with Crippen molar-refractivity contribution in [1.82, 2.24) is 9.97 Å². The summed E-state index contributed by atoms with van der Waals surface area (Å²) in [4.78, 5) is 9.64. The second-order valence-corrected chi connectivity index (χ2v) is 6.73. The predicted octanol–water partition coefficient (Wildman–Crippen LogP) is 3.23. The van der Waals surface area contributed by atoms with Crippen molar-refractivity contribution in [1.29, 1.82) is 0 Å². The molecule has 0 aromatic carbocycles. The maximum Gasteiger partial charge on any atom is 0.134 e. The Hall–Kier alpha value is -1.12. The first-order chi connectivity index (χ1) is 9.31. The van der Waals surface area contributed by atoms with Crippen molar-refractivity contribution in [3.05, 3.63) is 17.1 Å². The quantitative estimate of drug-likeness (QED) is 0.786. The Morgan fingerprint density at radius 1 is 0.947 bits per heavy atom. The number of hydrogen-bond acceptors (Lipinski definition) is 3. The summed E-state index contributed by atoms with van der Waals surface area (Å²) in [5, 5.41) is 0. The van der Waals surface area contributed by atoms with E-state index in [2.05, 4.69) is 0 Å². The first-order valence-electron chi connectivity index (χ1n) is 7.96. The number of nitrogens with zero attached hydrogens (tertiary/aromatic N) is 2. The molecule has 2 saturated carbocycles. The Kier molecular flexibility index (Phi) is 2.75. The highest BCUT2D eigenvalue weighted by molar-refractivity contribution is 5.43. The van der Waals surface area contributed by atoms with Crippen molar-refractivity contribution in [3.8, 4) is 0 Å². The molecule has 0 spiro atoms. The van der Waals surface area contributed by atoms with E-state index >= 15 is 0 Å². The molecule has 3 heteroatoms. The van der Waals surface area contributed by atoms with Gasteiger partial charge in [0, 0.05) is 17.2 Å². The molecular weight excluding hydrogens is 234 g/mol. The zero-order chi connectivity index (χ0) is 12.8. The van der Waals surface area contributed by atoms with E-state index in [4.69, 9.17) is 15.7 Å². The summed E-state index contributed by atoms with van der Waals surface area (Å²) in [6, 6.07) is 0. The SMILES string of the molecule is Nc1nc(C2CC3CCC2C3)nc2c1CCCCC2. The summed E-state index contributed by atoms with van der Waals surface area (Å²) < 4.78 is 0. The monoisotopic (exact) mass is 257 g/mol. The van der Waals surface area contributed by atoms with E-state index in [-0.39, 0.29) is 0 Å². The molecule has 4 rings (SSSR count). The van der Waals surface area contributed by atoms with E-state index in [1.807, 2.05) is 0 Å². The Morgan fingerprint density at radius 3 is 2.63 bits per heavy atom. The summed E-state index contributed by atoms with van der Waals surface area (Å²) in [7, 11) is 0. The standard InChI is InChI=1S/C16H23N3/c17-15-12-4-2-1-3-5-14(12)18-16(19-15)13-9-10-6-7-11(13)8-10/h10-11,13H,1-9H2,(H2,17,18,19). The van der Waals surface area contributed by atoms with Crippen LogP contribution < -0.4 is 5.73 Å². The van der Waals surface area contributed by atoms with Gasteiger partial charge in [-0.1, -0.05) is 12.8 Å². The average molecular weight is 257 g/mol. The largest absolute Gasteiger partial charge is 0.383 e. The number of anilines is 1. The molecule has 102 valence electrons. The molecule has 19 heavy (non-hydrogen) atoms. The van der Waals surface area contributed by atoms with Gasteiger partial charge < -0.3 is 5.73 Å². The number of fused-ring (bicyclic) bond motifs is 3. The van der Waals surface area contributed by atoms with E-state index in [9.17, 15) is 0 Å². The normalized spacial score (nSPS) is 33.2. The van der Waals surface area contributed by atoms with Gasteiger partial charge >= 0.3 is 0 Å². The Bertz CT molecular complexity index is 497. The summed E-state index contributed by atoms with van der Waals surface area (Å²) in [5.41, 5.74) is 8.75.